The van der Waals surface area contributed by atoms with Crippen molar-refractivity contribution >= 4 is 11.4 Å². The second kappa shape index (κ2) is 3.43. The molecule has 1 rings (SSSR count). The van der Waals surface area contributed by atoms with Crippen LogP contribution < -0.4 is 5.73 Å². The number of nitrogens with two attached hydrogens (primary N) is 1. The predicted octanol–water partition coefficient (Wildman–Crippen LogP) is 2.77. The van der Waals surface area contributed by atoms with Crippen molar-refractivity contribution in [3.05, 3.63) is 33.7 Å². The molecule has 2 N–H and O–H groups in total. The van der Waals surface area contributed by atoms with Crippen LogP contribution in [0, 0.1) is 23.3 Å². The van der Waals surface area contributed by atoms with Gasteiger partial charge in [0.15, 0.2) is 23.3 Å². The number of azide groups is 1. The molecule has 0 aromatic heterocycles. The molecule has 0 saturated heterocycles. The van der Waals surface area contributed by atoms with E-state index in [2.05, 4.69) is 10.0 Å². The van der Waals surface area contributed by atoms with Crippen molar-refractivity contribution < 1.29 is 17.6 Å². The molecular formula is C6H2F4N4. The fourth-order valence-electron chi connectivity index (χ4n) is 0.780. The molecule has 74 valence electrons. The van der Waals surface area contributed by atoms with Gasteiger partial charge in [0.1, 0.15) is 5.69 Å². The molecule has 4 nitrogen and oxygen atoms in total. The van der Waals surface area contributed by atoms with E-state index in [-0.39, 0.29) is 0 Å². The van der Waals surface area contributed by atoms with E-state index in [1.54, 1.807) is 0 Å². The molecule has 0 atom stereocenters. The third kappa shape index (κ3) is 1.31. The zero-order chi connectivity index (χ0) is 10.9. The van der Waals surface area contributed by atoms with Gasteiger partial charge in [-0.15, -0.1) is 0 Å². The Kier molecular flexibility index (Phi) is 2.48. The Morgan fingerprint density at radius 3 is 2.00 bits per heavy atom. The van der Waals surface area contributed by atoms with Crippen LogP contribution in [-0.2, 0) is 0 Å². The predicted molar refractivity (Wildman–Crippen MR) is 39.5 cm³/mol. The topological polar surface area (TPSA) is 74.8 Å². The normalized spacial score (nSPS) is 9.71. The van der Waals surface area contributed by atoms with Crippen LogP contribution in [0.1, 0.15) is 0 Å². The first kappa shape index (κ1) is 10.1. The number of hydrogen-bond acceptors (Lipinski definition) is 2. The molecule has 0 saturated carbocycles. The van der Waals surface area contributed by atoms with Crippen molar-refractivity contribution in [2.24, 2.45) is 5.11 Å². The molecule has 0 aliphatic heterocycles. The number of halogens is 4. The first-order valence-electron chi connectivity index (χ1n) is 3.17. The van der Waals surface area contributed by atoms with Gasteiger partial charge in [-0.1, -0.05) is 5.11 Å². The summed E-state index contributed by atoms with van der Waals surface area (Å²) in [6.45, 7) is 0. The standard InChI is InChI=1S/C6H2F4N4/c7-1-2(8)4(10)6(13-14-12)5(11)3(1)9/h11H2. The molecule has 0 radical (unpaired) electrons. The molecule has 0 unspecified atom stereocenters. The van der Waals surface area contributed by atoms with Crippen molar-refractivity contribution in [3.63, 3.8) is 0 Å². The Hall–Kier alpha value is -1.95. The maximum Gasteiger partial charge on any atom is 0.199 e. The number of nitrogen functional groups attached to an aromatic ring is 1. The number of anilines is 1. The van der Waals surface area contributed by atoms with Gasteiger partial charge in [0.05, 0.1) is 5.69 Å². The number of hydrogen-bond donors (Lipinski definition) is 1. The molecule has 1 aromatic rings. The molecule has 0 aliphatic carbocycles. The van der Waals surface area contributed by atoms with Gasteiger partial charge in [0, 0.05) is 4.91 Å². The van der Waals surface area contributed by atoms with Crippen LogP contribution in [0.2, 0.25) is 0 Å². The maximum atomic E-state index is 12.8. The van der Waals surface area contributed by atoms with E-state index in [4.69, 9.17) is 11.3 Å². The summed E-state index contributed by atoms with van der Waals surface area (Å²) in [7, 11) is 0. The van der Waals surface area contributed by atoms with Crippen molar-refractivity contribution in [2.75, 3.05) is 5.73 Å². The number of benzene rings is 1. The van der Waals surface area contributed by atoms with E-state index in [0.29, 0.717) is 0 Å². The molecule has 1 aromatic carbocycles. The van der Waals surface area contributed by atoms with Crippen molar-refractivity contribution in [1.29, 1.82) is 0 Å². The third-order valence-electron chi connectivity index (χ3n) is 1.42. The highest BCUT2D eigenvalue weighted by atomic mass is 19.2. The highest BCUT2D eigenvalue weighted by Gasteiger charge is 2.22. The average Bonchev–Trinajstić information content (AvgIpc) is 2.19. The lowest BCUT2D eigenvalue weighted by Gasteiger charge is -2.04. The van der Waals surface area contributed by atoms with E-state index in [1.165, 1.54) is 0 Å². The summed E-state index contributed by atoms with van der Waals surface area (Å²) in [4.78, 5) is 2.09. The Bertz CT molecular complexity index is 409. The van der Waals surface area contributed by atoms with Gasteiger partial charge < -0.3 is 5.73 Å². The van der Waals surface area contributed by atoms with Gasteiger partial charge >= 0.3 is 0 Å². The van der Waals surface area contributed by atoms with Crippen molar-refractivity contribution in [1.82, 2.24) is 0 Å². The smallest absolute Gasteiger partial charge is 0.199 e. The van der Waals surface area contributed by atoms with Crippen LogP contribution in [0.3, 0.4) is 0 Å². The van der Waals surface area contributed by atoms with Crippen LogP contribution in [0.25, 0.3) is 10.4 Å². The van der Waals surface area contributed by atoms with Crippen LogP contribution >= 0.6 is 0 Å². The highest BCUT2D eigenvalue weighted by Crippen LogP contribution is 2.32. The van der Waals surface area contributed by atoms with Crippen LogP contribution in [0.4, 0.5) is 28.9 Å². The summed E-state index contributed by atoms with van der Waals surface area (Å²) in [5.74, 6) is -7.72. The van der Waals surface area contributed by atoms with E-state index in [1.807, 2.05) is 0 Å². The highest BCUT2D eigenvalue weighted by molar-refractivity contribution is 5.64. The van der Waals surface area contributed by atoms with Gasteiger partial charge in [0.25, 0.3) is 0 Å². The molecular weight excluding hydrogens is 204 g/mol. The van der Waals surface area contributed by atoms with Crippen molar-refractivity contribution in [2.45, 2.75) is 0 Å². The van der Waals surface area contributed by atoms with Crippen molar-refractivity contribution in [3.8, 4) is 0 Å². The lowest BCUT2D eigenvalue weighted by Crippen LogP contribution is -2.02. The second-order valence-corrected chi connectivity index (χ2v) is 2.21. The van der Waals surface area contributed by atoms with Crippen LogP contribution in [0.5, 0.6) is 0 Å². The largest absolute Gasteiger partial charge is 0.396 e. The van der Waals surface area contributed by atoms with Gasteiger partial charge in [-0.2, -0.15) is 0 Å². The fourth-order valence-corrected chi connectivity index (χ4v) is 0.780. The molecule has 0 spiro atoms. The summed E-state index contributed by atoms with van der Waals surface area (Å²) < 4.78 is 50.4. The minimum Gasteiger partial charge on any atom is -0.396 e. The van der Waals surface area contributed by atoms with E-state index in [0.717, 1.165) is 0 Å². The Balaban J connectivity index is 3.67. The summed E-state index contributed by atoms with van der Waals surface area (Å²) in [6.07, 6.45) is 0. The summed E-state index contributed by atoms with van der Waals surface area (Å²) in [6, 6.07) is 0. The lowest BCUT2D eigenvalue weighted by atomic mass is 10.2. The van der Waals surface area contributed by atoms with Gasteiger partial charge in [-0.25, -0.2) is 17.6 Å². The Labute approximate surface area is 74.6 Å². The van der Waals surface area contributed by atoms with Gasteiger partial charge in [0.2, 0.25) is 0 Å². The first-order valence-corrected chi connectivity index (χ1v) is 3.17. The summed E-state index contributed by atoms with van der Waals surface area (Å²) >= 11 is 0. The van der Waals surface area contributed by atoms with E-state index < -0.39 is 34.6 Å². The van der Waals surface area contributed by atoms with Crippen LogP contribution in [0.15, 0.2) is 5.11 Å². The van der Waals surface area contributed by atoms with Crippen LogP contribution in [-0.4, -0.2) is 0 Å². The lowest BCUT2D eigenvalue weighted by molar-refractivity contribution is 0.412. The summed E-state index contributed by atoms with van der Waals surface area (Å²) in [5.41, 5.74) is 10.6. The monoisotopic (exact) mass is 206 g/mol. The van der Waals surface area contributed by atoms with E-state index in [9.17, 15) is 17.6 Å². The minimum absolute atomic E-state index is 1.07. The zero-order valence-electron chi connectivity index (χ0n) is 6.43. The quantitative estimate of drug-likeness (QED) is 0.143. The third-order valence-corrected chi connectivity index (χ3v) is 1.42. The van der Waals surface area contributed by atoms with Gasteiger partial charge in [-0.05, 0) is 5.53 Å². The first-order chi connectivity index (χ1) is 6.50. The Morgan fingerprint density at radius 2 is 1.50 bits per heavy atom. The zero-order valence-corrected chi connectivity index (χ0v) is 6.43. The second-order valence-electron chi connectivity index (χ2n) is 2.21. The molecule has 0 bridgehead atoms. The molecule has 0 amide bonds. The Morgan fingerprint density at radius 1 is 1.00 bits per heavy atom. The molecule has 8 heteroatoms. The fraction of sp³-hybridized carbons (Fsp3) is 0. The SMILES string of the molecule is [N-]=[N+]=Nc1c(N)c(F)c(F)c(F)c1F. The molecule has 14 heavy (non-hydrogen) atoms. The van der Waals surface area contributed by atoms with Gasteiger partial charge in [-0.3, -0.25) is 0 Å². The molecule has 0 aliphatic rings. The average molecular weight is 206 g/mol. The molecule has 0 heterocycles. The minimum atomic E-state index is -2.07. The van der Waals surface area contributed by atoms with E-state index >= 15 is 0 Å². The summed E-state index contributed by atoms with van der Waals surface area (Å²) in [5, 5.41) is 2.60. The maximum absolute atomic E-state index is 12.8. The molecule has 0 fully saturated rings. The number of nitrogens with zero attached hydrogens (tertiary/aromatic N) is 3. The number of rotatable bonds is 1.